The standard InChI is InChI=1S/C20H16FN3O3S/c1-22-15-8-5-13(9-16(15)23(2)19(22)26)10-17-18(25)24(20(27)28-17)11-12-3-6-14(21)7-4-12/h3-10H,11H2,1-2H3/b17-10+. The van der Waals surface area contributed by atoms with E-state index in [4.69, 9.17) is 0 Å². The van der Waals surface area contributed by atoms with Crippen LogP contribution in [0.1, 0.15) is 11.1 Å². The van der Waals surface area contributed by atoms with Gasteiger partial charge in [-0.15, -0.1) is 0 Å². The number of rotatable bonds is 3. The first kappa shape index (κ1) is 18.2. The van der Waals surface area contributed by atoms with Crippen molar-refractivity contribution in [3.63, 3.8) is 0 Å². The first-order valence-electron chi connectivity index (χ1n) is 8.50. The average molecular weight is 397 g/mol. The van der Waals surface area contributed by atoms with Gasteiger partial charge in [0.15, 0.2) is 0 Å². The molecule has 2 heterocycles. The van der Waals surface area contributed by atoms with Gasteiger partial charge in [0, 0.05) is 14.1 Å². The number of benzene rings is 2. The molecule has 2 amide bonds. The van der Waals surface area contributed by atoms with E-state index >= 15 is 0 Å². The van der Waals surface area contributed by atoms with Crippen molar-refractivity contribution in [2.24, 2.45) is 14.1 Å². The van der Waals surface area contributed by atoms with Crippen LogP contribution in [0.5, 0.6) is 0 Å². The molecule has 4 rings (SSSR count). The van der Waals surface area contributed by atoms with Crippen LogP contribution in [0.4, 0.5) is 9.18 Å². The molecule has 0 aliphatic carbocycles. The van der Waals surface area contributed by atoms with E-state index in [0.29, 0.717) is 10.5 Å². The fraction of sp³-hybridized carbons (Fsp3) is 0.150. The number of hydrogen-bond donors (Lipinski definition) is 0. The summed E-state index contributed by atoms with van der Waals surface area (Å²) in [5.41, 5.74) is 2.79. The van der Waals surface area contributed by atoms with E-state index in [9.17, 15) is 18.8 Å². The largest absolute Gasteiger partial charge is 0.328 e. The van der Waals surface area contributed by atoms with Gasteiger partial charge < -0.3 is 0 Å². The van der Waals surface area contributed by atoms with Crippen molar-refractivity contribution in [3.05, 3.63) is 74.8 Å². The van der Waals surface area contributed by atoms with E-state index in [-0.39, 0.29) is 29.2 Å². The molecule has 0 spiro atoms. The molecule has 142 valence electrons. The number of halogens is 1. The lowest BCUT2D eigenvalue weighted by atomic mass is 10.1. The molecule has 1 aromatic heterocycles. The van der Waals surface area contributed by atoms with Gasteiger partial charge in [-0.3, -0.25) is 23.6 Å². The molecule has 2 aromatic carbocycles. The Morgan fingerprint density at radius 1 is 0.964 bits per heavy atom. The molecule has 0 bridgehead atoms. The Kier molecular flexibility index (Phi) is 4.43. The highest BCUT2D eigenvalue weighted by atomic mass is 32.2. The van der Waals surface area contributed by atoms with Gasteiger partial charge in [-0.1, -0.05) is 18.2 Å². The molecular weight excluding hydrogens is 381 g/mol. The summed E-state index contributed by atoms with van der Waals surface area (Å²) >= 11 is 0.868. The van der Waals surface area contributed by atoms with Gasteiger partial charge in [0.05, 0.1) is 22.5 Å². The molecule has 0 unspecified atom stereocenters. The Balaban J connectivity index is 1.63. The predicted octanol–water partition coefficient (Wildman–Crippen LogP) is 3.25. The van der Waals surface area contributed by atoms with E-state index < -0.39 is 0 Å². The van der Waals surface area contributed by atoms with Gasteiger partial charge in [0.25, 0.3) is 11.1 Å². The van der Waals surface area contributed by atoms with Gasteiger partial charge in [-0.25, -0.2) is 9.18 Å². The number of aromatic nitrogens is 2. The topological polar surface area (TPSA) is 64.3 Å². The number of thioether (sulfide) groups is 1. The summed E-state index contributed by atoms with van der Waals surface area (Å²) in [5, 5.41) is -0.367. The molecule has 1 aliphatic heterocycles. The molecule has 6 nitrogen and oxygen atoms in total. The fourth-order valence-electron chi connectivity index (χ4n) is 3.17. The zero-order chi connectivity index (χ0) is 20.0. The minimum absolute atomic E-state index is 0.0918. The molecule has 1 aliphatic rings. The van der Waals surface area contributed by atoms with Crippen molar-refractivity contribution in [2.45, 2.75) is 6.54 Å². The molecule has 1 fully saturated rings. The van der Waals surface area contributed by atoms with Crippen molar-refractivity contribution < 1.29 is 14.0 Å². The number of hydrogen-bond acceptors (Lipinski definition) is 4. The van der Waals surface area contributed by atoms with Crippen LogP contribution in [0.3, 0.4) is 0 Å². The summed E-state index contributed by atoms with van der Waals surface area (Å²) in [6, 6.07) is 11.1. The monoisotopic (exact) mass is 397 g/mol. The molecule has 0 N–H and O–H groups in total. The molecule has 3 aromatic rings. The van der Waals surface area contributed by atoms with Crippen LogP contribution in [0.25, 0.3) is 17.1 Å². The third kappa shape index (κ3) is 3.05. The fourth-order valence-corrected chi connectivity index (χ4v) is 4.01. The van der Waals surface area contributed by atoms with Crippen molar-refractivity contribution in [2.75, 3.05) is 0 Å². The van der Waals surface area contributed by atoms with Crippen molar-refractivity contribution in [1.82, 2.24) is 14.0 Å². The van der Waals surface area contributed by atoms with Gasteiger partial charge >= 0.3 is 5.69 Å². The molecular formula is C20H16FN3O3S. The van der Waals surface area contributed by atoms with Gasteiger partial charge in [-0.05, 0) is 53.2 Å². The number of imidazole rings is 1. The summed E-state index contributed by atoms with van der Waals surface area (Å²) in [6.07, 6.45) is 1.65. The van der Waals surface area contributed by atoms with Crippen LogP contribution in [-0.2, 0) is 25.4 Å². The second-order valence-electron chi connectivity index (χ2n) is 6.54. The van der Waals surface area contributed by atoms with Crippen LogP contribution in [0.2, 0.25) is 0 Å². The van der Waals surface area contributed by atoms with Crippen LogP contribution in [0, 0.1) is 5.82 Å². The quantitative estimate of drug-likeness (QED) is 0.637. The first-order chi connectivity index (χ1) is 13.3. The third-order valence-corrected chi connectivity index (χ3v) is 5.63. The lowest BCUT2D eigenvalue weighted by Gasteiger charge is -2.12. The maximum Gasteiger partial charge on any atom is 0.328 e. The second kappa shape index (κ2) is 6.79. The van der Waals surface area contributed by atoms with Crippen LogP contribution < -0.4 is 5.69 Å². The molecule has 28 heavy (non-hydrogen) atoms. The number of nitrogens with zero attached hydrogens (tertiary/aromatic N) is 3. The highest BCUT2D eigenvalue weighted by Crippen LogP contribution is 2.33. The highest BCUT2D eigenvalue weighted by Gasteiger charge is 2.35. The molecule has 8 heteroatoms. The van der Waals surface area contributed by atoms with Crippen molar-refractivity contribution in [1.29, 1.82) is 0 Å². The zero-order valence-corrected chi connectivity index (χ0v) is 16.0. The van der Waals surface area contributed by atoms with Crippen LogP contribution in [0.15, 0.2) is 52.2 Å². The lowest BCUT2D eigenvalue weighted by Crippen LogP contribution is -2.27. The van der Waals surface area contributed by atoms with E-state index in [1.54, 1.807) is 42.9 Å². The van der Waals surface area contributed by atoms with Gasteiger partial charge in [-0.2, -0.15) is 0 Å². The average Bonchev–Trinajstić information content (AvgIpc) is 3.06. The Hall–Kier alpha value is -3.13. The van der Waals surface area contributed by atoms with E-state index in [2.05, 4.69) is 0 Å². The number of carbonyl (C=O) groups excluding carboxylic acids is 2. The Labute approximate surface area is 163 Å². The summed E-state index contributed by atoms with van der Waals surface area (Å²) in [4.78, 5) is 38.4. The van der Waals surface area contributed by atoms with Gasteiger partial charge in [0.1, 0.15) is 5.82 Å². The summed E-state index contributed by atoms with van der Waals surface area (Å²) in [5.74, 6) is -0.759. The van der Waals surface area contributed by atoms with Gasteiger partial charge in [0.2, 0.25) is 0 Å². The lowest BCUT2D eigenvalue weighted by molar-refractivity contribution is -0.123. The molecule has 0 atom stereocenters. The SMILES string of the molecule is Cn1c(=O)n(C)c2cc(/C=C3/SC(=O)N(Cc4ccc(F)cc4)C3=O)ccc21. The number of imide groups is 1. The molecule has 0 radical (unpaired) electrons. The third-order valence-electron chi connectivity index (χ3n) is 4.72. The minimum Gasteiger partial charge on any atom is -0.295 e. The number of fused-ring (bicyclic) bond motifs is 1. The van der Waals surface area contributed by atoms with Crippen molar-refractivity contribution >= 4 is 40.0 Å². The van der Waals surface area contributed by atoms with E-state index in [0.717, 1.165) is 33.3 Å². The first-order valence-corrected chi connectivity index (χ1v) is 9.32. The maximum absolute atomic E-state index is 13.0. The number of aryl methyl sites for hydroxylation is 2. The summed E-state index contributed by atoms with van der Waals surface area (Å²) in [7, 11) is 3.39. The van der Waals surface area contributed by atoms with E-state index in [1.807, 2.05) is 12.1 Å². The predicted molar refractivity (Wildman–Crippen MR) is 106 cm³/mol. The Bertz CT molecular complexity index is 1210. The number of amides is 2. The maximum atomic E-state index is 13.0. The normalized spacial score (nSPS) is 16.0. The summed E-state index contributed by atoms with van der Waals surface area (Å²) < 4.78 is 16.1. The Morgan fingerprint density at radius 3 is 2.36 bits per heavy atom. The van der Waals surface area contributed by atoms with Crippen LogP contribution >= 0.6 is 11.8 Å². The molecule has 0 saturated carbocycles. The van der Waals surface area contributed by atoms with Crippen molar-refractivity contribution in [3.8, 4) is 0 Å². The highest BCUT2D eigenvalue weighted by molar-refractivity contribution is 8.18. The molecule has 1 saturated heterocycles. The Morgan fingerprint density at radius 2 is 1.64 bits per heavy atom. The minimum atomic E-state index is -0.388. The zero-order valence-electron chi connectivity index (χ0n) is 15.2. The van der Waals surface area contributed by atoms with Crippen LogP contribution in [-0.4, -0.2) is 25.2 Å². The smallest absolute Gasteiger partial charge is 0.295 e. The summed E-state index contributed by atoms with van der Waals surface area (Å²) in [6.45, 7) is 0.0918. The number of carbonyl (C=O) groups is 2. The second-order valence-corrected chi connectivity index (χ2v) is 7.54. The van der Waals surface area contributed by atoms with E-state index in [1.165, 1.54) is 16.7 Å².